The van der Waals surface area contributed by atoms with Gasteiger partial charge in [-0.3, -0.25) is 4.79 Å². The number of hydrogen-bond acceptors (Lipinski definition) is 2. The van der Waals surface area contributed by atoms with Gasteiger partial charge < -0.3 is 4.90 Å². The third-order valence-electron chi connectivity index (χ3n) is 4.17. The van der Waals surface area contributed by atoms with Crippen molar-refractivity contribution < 1.29 is 22.4 Å². The zero-order chi connectivity index (χ0) is 19.7. The second-order valence-electron chi connectivity index (χ2n) is 6.18. The lowest BCUT2D eigenvalue weighted by atomic mass is 9.96. The van der Waals surface area contributed by atoms with Gasteiger partial charge in [-0.25, -0.2) is 17.6 Å². The normalized spacial score (nSPS) is 10.7. The van der Waals surface area contributed by atoms with Gasteiger partial charge in [-0.15, -0.1) is 0 Å². The van der Waals surface area contributed by atoms with Crippen molar-refractivity contribution in [3.05, 3.63) is 89.0 Å². The van der Waals surface area contributed by atoms with Crippen LogP contribution in [0.4, 0.5) is 23.2 Å². The zero-order valence-electron chi connectivity index (χ0n) is 14.6. The molecule has 3 rings (SSSR count). The first kappa shape index (κ1) is 18.6. The maximum absolute atomic E-state index is 15.0. The van der Waals surface area contributed by atoms with Gasteiger partial charge in [-0.2, -0.15) is 0 Å². The Morgan fingerprint density at radius 3 is 2.26 bits per heavy atom. The highest BCUT2D eigenvalue weighted by Gasteiger charge is 2.24. The van der Waals surface area contributed by atoms with E-state index >= 15 is 4.39 Å². The van der Waals surface area contributed by atoms with Gasteiger partial charge in [0.25, 0.3) is 0 Å². The molecule has 0 N–H and O–H groups in total. The first-order valence-corrected chi connectivity index (χ1v) is 8.05. The summed E-state index contributed by atoms with van der Waals surface area (Å²) in [5.74, 6) is -5.47. The van der Waals surface area contributed by atoms with Crippen molar-refractivity contribution in [1.82, 2.24) is 0 Å². The number of benzene rings is 3. The van der Waals surface area contributed by atoms with Gasteiger partial charge in [0.05, 0.1) is 11.1 Å². The number of carbonyl (C=O) groups excluding carboxylic acids is 1. The van der Waals surface area contributed by atoms with Gasteiger partial charge in [-0.1, -0.05) is 12.1 Å². The Labute approximate surface area is 153 Å². The zero-order valence-corrected chi connectivity index (χ0v) is 14.6. The molecule has 0 radical (unpaired) electrons. The van der Waals surface area contributed by atoms with Crippen LogP contribution in [0.3, 0.4) is 0 Å². The minimum atomic E-state index is -1.19. The molecule has 0 spiro atoms. The second-order valence-corrected chi connectivity index (χ2v) is 6.18. The molecular formula is C21H15F4NO. The molecule has 27 heavy (non-hydrogen) atoms. The van der Waals surface area contributed by atoms with Crippen LogP contribution in [-0.4, -0.2) is 19.9 Å². The summed E-state index contributed by atoms with van der Waals surface area (Å²) < 4.78 is 56.2. The average molecular weight is 373 g/mol. The van der Waals surface area contributed by atoms with E-state index in [-0.39, 0.29) is 5.56 Å². The molecule has 0 bridgehead atoms. The molecule has 0 fully saturated rings. The van der Waals surface area contributed by atoms with Crippen molar-refractivity contribution in [2.45, 2.75) is 0 Å². The van der Waals surface area contributed by atoms with E-state index in [0.29, 0.717) is 11.6 Å². The van der Waals surface area contributed by atoms with Crippen molar-refractivity contribution in [3.63, 3.8) is 0 Å². The standard InChI is InChI=1S/C21H15F4NO/c1-26(2)14-5-3-4-12(10-14)15-8-9-17(23)19(20(15)25)21(27)16-7-6-13(22)11-18(16)24/h3-11H,1-2H3. The van der Waals surface area contributed by atoms with E-state index in [9.17, 15) is 18.0 Å². The van der Waals surface area contributed by atoms with Crippen molar-refractivity contribution >= 4 is 11.5 Å². The lowest BCUT2D eigenvalue weighted by Crippen LogP contribution is -2.11. The Kier molecular flexibility index (Phi) is 4.99. The minimum Gasteiger partial charge on any atom is -0.378 e. The SMILES string of the molecule is CN(C)c1cccc(-c2ccc(F)c(C(=O)c3ccc(F)cc3F)c2F)c1. The van der Waals surface area contributed by atoms with Crippen LogP contribution in [-0.2, 0) is 0 Å². The van der Waals surface area contributed by atoms with Crippen LogP contribution in [0.5, 0.6) is 0 Å². The Balaban J connectivity index is 2.14. The third kappa shape index (κ3) is 3.56. The van der Waals surface area contributed by atoms with Crippen LogP contribution in [0.2, 0.25) is 0 Å². The summed E-state index contributed by atoms with van der Waals surface area (Å²) in [5.41, 5.74) is -0.256. The van der Waals surface area contributed by atoms with Crippen molar-refractivity contribution in [2.24, 2.45) is 0 Å². The molecule has 0 aromatic heterocycles. The quantitative estimate of drug-likeness (QED) is 0.462. The number of hydrogen-bond donors (Lipinski definition) is 0. The van der Waals surface area contributed by atoms with E-state index < -0.39 is 40.2 Å². The molecule has 6 heteroatoms. The van der Waals surface area contributed by atoms with Crippen molar-refractivity contribution in [3.8, 4) is 11.1 Å². The van der Waals surface area contributed by atoms with Crippen LogP contribution < -0.4 is 4.90 Å². The van der Waals surface area contributed by atoms with E-state index in [0.717, 1.165) is 23.9 Å². The highest BCUT2D eigenvalue weighted by molar-refractivity contribution is 6.10. The Hall–Kier alpha value is -3.15. The summed E-state index contributed by atoms with van der Waals surface area (Å²) in [6.45, 7) is 0. The summed E-state index contributed by atoms with van der Waals surface area (Å²) in [6, 6.07) is 11.2. The van der Waals surface area contributed by atoms with Crippen LogP contribution in [0, 0.1) is 23.3 Å². The van der Waals surface area contributed by atoms with Crippen LogP contribution in [0.15, 0.2) is 54.6 Å². The molecule has 0 amide bonds. The summed E-state index contributed by atoms with van der Waals surface area (Å²) >= 11 is 0. The van der Waals surface area contributed by atoms with Crippen molar-refractivity contribution in [1.29, 1.82) is 0 Å². The van der Waals surface area contributed by atoms with Gasteiger partial charge in [0.15, 0.2) is 0 Å². The first-order valence-electron chi connectivity index (χ1n) is 8.05. The number of nitrogens with zero attached hydrogens (tertiary/aromatic N) is 1. The van der Waals surface area contributed by atoms with Gasteiger partial charge in [0.1, 0.15) is 23.3 Å². The molecule has 0 unspecified atom stereocenters. The number of carbonyl (C=O) groups is 1. The van der Waals surface area contributed by atoms with Crippen molar-refractivity contribution in [2.75, 3.05) is 19.0 Å². The molecule has 0 heterocycles. The molecule has 0 aliphatic carbocycles. The van der Waals surface area contributed by atoms with Crippen LogP contribution in [0.25, 0.3) is 11.1 Å². The number of ketones is 1. The second kappa shape index (κ2) is 7.23. The lowest BCUT2D eigenvalue weighted by molar-refractivity contribution is 0.102. The molecule has 3 aromatic carbocycles. The molecule has 0 aliphatic rings. The van der Waals surface area contributed by atoms with Gasteiger partial charge in [0, 0.05) is 31.4 Å². The van der Waals surface area contributed by atoms with E-state index in [2.05, 4.69) is 0 Å². The summed E-state index contributed by atoms with van der Waals surface area (Å²) in [5, 5.41) is 0. The molecule has 0 aliphatic heterocycles. The Bertz CT molecular complexity index is 1030. The molecular weight excluding hydrogens is 358 g/mol. The highest BCUT2D eigenvalue weighted by atomic mass is 19.1. The number of halogens is 4. The monoisotopic (exact) mass is 373 g/mol. The van der Waals surface area contributed by atoms with Crippen LogP contribution >= 0.6 is 0 Å². The summed E-state index contributed by atoms with van der Waals surface area (Å²) in [6.07, 6.45) is 0. The van der Waals surface area contributed by atoms with E-state index in [4.69, 9.17) is 0 Å². The van der Waals surface area contributed by atoms with Crippen LogP contribution in [0.1, 0.15) is 15.9 Å². The van der Waals surface area contributed by atoms with E-state index in [1.807, 2.05) is 25.1 Å². The fourth-order valence-electron chi connectivity index (χ4n) is 2.74. The predicted molar refractivity (Wildman–Crippen MR) is 95.9 cm³/mol. The summed E-state index contributed by atoms with van der Waals surface area (Å²) in [7, 11) is 3.62. The maximum atomic E-state index is 15.0. The number of anilines is 1. The third-order valence-corrected chi connectivity index (χ3v) is 4.17. The molecule has 0 saturated carbocycles. The molecule has 2 nitrogen and oxygen atoms in total. The van der Waals surface area contributed by atoms with Gasteiger partial charge >= 0.3 is 0 Å². The minimum absolute atomic E-state index is 0.00553. The fraction of sp³-hybridized carbons (Fsp3) is 0.0952. The van der Waals surface area contributed by atoms with E-state index in [1.54, 1.807) is 18.2 Å². The molecule has 0 saturated heterocycles. The Morgan fingerprint density at radius 1 is 0.852 bits per heavy atom. The van der Waals surface area contributed by atoms with Gasteiger partial charge in [0.2, 0.25) is 5.78 Å². The topological polar surface area (TPSA) is 20.3 Å². The lowest BCUT2D eigenvalue weighted by Gasteiger charge is -2.15. The fourth-order valence-corrected chi connectivity index (χ4v) is 2.74. The largest absolute Gasteiger partial charge is 0.378 e. The number of rotatable bonds is 4. The van der Waals surface area contributed by atoms with E-state index in [1.165, 1.54) is 6.07 Å². The van der Waals surface area contributed by atoms with Gasteiger partial charge in [-0.05, 0) is 42.0 Å². The highest BCUT2D eigenvalue weighted by Crippen LogP contribution is 2.30. The average Bonchev–Trinajstić information content (AvgIpc) is 2.61. The molecule has 3 aromatic rings. The Morgan fingerprint density at radius 2 is 1.59 bits per heavy atom. The predicted octanol–water partition coefficient (Wildman–Crippen LogP) is 5.21. The first-order chi connectivity index (χ1) is 12.8. The maximum Gasteiger partial charge on any atom is 0.201 e. The molecule has 138 valence electrons. The summed E-state index contributed by atoms with van der Waals surface area (Å²) in [4.78, 5) is 14.3. The smallest absolute Gasteiger partial charge is 0.201 e. The molecule has 0 atom stereocenters.